The number of rotatable bonds is 3. The fourth-order valence-electron chi connectivity index (χ4n) is 3.79. The van der Waals surface area contributed by atoms with Crippen molar-refractivity contribution in [1.82, 2.24) is 14.8 Å². The Labute approximate surface area is 161 Å². The van der Waals surface area contributed by atoms with Gasteiger partial charge in [0.2, 0.25) is 0 Å². The third-order valence-electron chi connectivity index (χ3n) is 5.40. The molecule has 1 fully saturated rings. The van der Waals surface area contributed by atoms with E-state index in [9.17, 15) is 10.1 Å². The number of hydrogen-bond donors (Lipinski definition) is 1. The molecular weight excluding hydrogens is 358 g/mol. The lowest BCUT2D eigenvalue weighted by atomic mass is 9.99. The molecule has 1 unspecified atom stereocenters. The molecule has 0 spiro atoms. The van der Waals surface area contributed by atoms with Gasteiger partial charge >= 0.3 is 0 Å². The Morgan fingerprint density at radius 2 is 2.19 bits per heavy atom. The second-order valence-corrected chi connectivity index (χ2v) is 8.29. The summed E-state index contributed by atoms with van der Waals surface area (Å²) in [5.74, 6) is 0.406. The first-order valence-electron chi connectivity index (χ1n) is 9.24. The zero-order valence-electron chi connectivity index (χ0n) is 15.5. The van der Waals surface area contributed by atoms with Crippen molar-refractivity contribution in [3.8, 4) is 6.07 Å². The van der Waals surface area contributed by atoms with Crippen LogP contribution in [0.25, 0.3) is 10.2 Å². The van der Waals surface area contributed by atoms with Gasteiger partial charge in [-0.2, -0.15) is 15.0 Å². The number of piperidine rings is 1. The Balaban J connectivity index is 1.57. The maximum Gasteiger partial charge on any atom is 0.289 e. The smallest absolute Gasteiger partial charge is 0.289 e. The van der Waals surface area contributed by atoms with E-state index >= 15 is 0 Å². The Morgan fingerprint density at radius 3 is 2.96 bits per heavy atom. The number of nitriles is 1. The van der Waals surface area contributed by atoms with Crippen LogP contribution in [-0.2, 0) is 6.67 Å². The number of hydrogen-bond acceptors (Lipinski definition) is 5. The second kappa shape index (κ2) is 7.22. The van der Waals surface area contributed by atoms with Crippen LogP contribution in [0.1, 0.15) is 40.6 Å². The molecule has 2 aromatic heterocycles. The highest BCUT2D eigenvalue weighted by Gasteiger charge is 2.28. The summed E-state index contributed by atoms with van der Waals surface area (Å²) in [4.78, 5) is 18.7. The predicted octanol–water partition coefficient (Wildman–Crippen LogP) is 1.76. The van der Waals surface area contributed by atoms with Gasteiger partial charge in [-0.15, -0.1) is 11.3 Å². The molecule has 1 aliphatic heterocycles. The number of thiazole rings is 1. The van der Waals surface area contributed by atoms with Gasteiger partial charge in [0.25, 0.3) is 5.56 Å². The van der Waals surface area contributed by atoms with Crippen LogP contribution in [0.2, 0.25) is 0 Å². The van der Waals surface area contributed by atoms with Gasteiger partial charge in [0.05, 0.1) is 34.9 Å². The summed E-state index contributed by atoms with van der Waals surface area (Å²) in [6, 6.07) is 10.3. The molecule has 7 heteroatoms. The zero-order chi connectivity index (χ0) is 19.0. The first-order chi connectivity index (χ1) is 13.1. The van der Waals surface area contributed by atoms with Crippen LogP contribution >= 0.6 is 11.3 Å². The van der Waals surface area contributed by atoms with E-state index in [2.05, 4.69) is 17.2 Å². The standard InChI is InChI=1S/C20H21N5OS/c1-13-14(2)23-25(20(26)16(13)10-21)12-24-9-5-6-15(11-24)19-22-17-7-3-4-8-18(17)27-19/h3-4,7-8,15H,5-6,9,11-12H2,1-2H3/p+1/t15-/m0/s1. The molecule has 4 rings (SSSR count). The number of likely N-dealkylation sites (tertiary alicyclic amines) is 1. The minimum atomic E-state index is -0.282. The molecule has 2 atom stereocenters. The summed E-state index contributed by atoms with van der Waals surface area (Å²) >= 11 is 1.77. The highest BCUT2D eigenvalue weighted by atomic mass is 32.1. The SMILES string of the molecule is Cc1nn(C[NH+]2CCC[C@H](c3nc4ccccc4s3)C2)c(=O)c(C#N)c1C. The molecular formula is C20H22N5OS+. The summed E-state index contributed by atoms with van der Waals surface area (Å²) in [6.45, 7) is 6.06. The minimum absolute atomic E-state index is 0.210. The second-order valence-electron chi connectivity index (χ2n) is 7.22. The highest BCUT2D eigenvalue weighted by molar-refractivity contribution is 7.18. The number of benzene rings is 1. The summed E-state index contributed by atoms with van der Waals surface area (Å²) in [7, 11) is 0. The molecule has 0 bridgehead atoms. The van der Waals surface area contributed by atoms with Crippen LogP contribution in [0.4, 0.5) is 0 Å². The third kappa shape index (κ3) is 3.38. The van der Waals surface area contributed by atoms with E-state index in [4.69, 9.17) is 4.98 Å². The van der Waals surface area contributed by atoms with Gasteiger partial charge in [-0.25, -0.2) is 4.98 Å². The molecule has 0 aliphatic carbocycles. The molecule has 27 heavy (non-hydrogen) atoms. The van der Waals surface area contributed by atoms with E-state index in [0.29, 0.717) is 18.2 Å². The number of fused-ring (bicyclic) bond motifs is 1. The Hall–Kier alpha value is -2.56. The number of quaternary nitrogens is 1. The van der Waals surface area contributed by atoms with Crippen LogP contribution in [0.3, 0.4) is 0 Å². The van der Waals surface area contributed by atoms with Crippen molar-refractivity contribution < 1.29 is 4.90 Å². The van der Waals surface area contributed by atoms with Crippen LogP contribution in [0.15, 0.2) is 29.1 Å². The summed E-state index contributed by atoms with van der Waals surface area (Å²) in [5, 5.41) is 14.9. The number of nitrogens with one attached hydrogen (secondary N) is 1. The number of aryl methyl sites for hydroxylation is 1. The highest BCUT2D eigenvalue weighted by Crippen LogP contribution is 2.30. The van der Waals surface area contributed by atoms with Gasteiger partial charge in [0.15, 0.2) is 6.67 Å². The van der Waals surface area contributed by atoms with E-state index in [-0.39, 0.29) is 11.1 Å². The molecule has 138 valence electrons. The molecule has 0 radical (unpaired) electrons. The average Bonchev–Trinajstić information content (AvgIpc) is 3.11. The number of aromatic nitrogens is 3. The maximum absolute atomic E-state index is 12.6. The van der Waals surface area contributed by atoms with Crippen LogP contribution in [0, 0.1) is 25.2 Å². The van der Waals surface area contributed by atoms with Gasteiger partial charge in [-0.1, -0.05) is 12.1 Å². The fraction of sp³-hybridized carbons (Fsp3) is 0.400. The van der Waals surface area contributed by atoms with Crippen molar-refractivity contribution in [1.29, 1.82) is 5.26 Å². The van der Waals surface area contributed by atoms with E-state index in [1.54, 1.807) is 18.3 Å². The third-order valence-corrected chi connectivity index (χ3v) is 6.60. The monoisotopic (exact) mass is 380 g/mol. The Morgan fingerprint density at radius 1 is 1.37 bits per heavy atom. The summed E-state index contributed by atoms with van der Waals surface area (Å²) < 4.78 is 2.70. The van der Waals surface area contributed by atoms with Gasteiger partial charge in [-0.3, -0.25) is 4.79 Å². The first-order valence-corrected chi connectivity index (χ1v) is 10.1. The molecule has 1 aromatic carbocycles. The zero-order valence-corrected chi connectivity index (χ0v) is 16.3. The molecule has 1 saturated heterocycles. The van der Waals surface area contributed by atoms with Crippen molar-refractivity contribution in [2.45, 2.75) is 39.3 Å². The summed E-state index contributed by atoms with van der Waals surface area (Å²) in [5.41, 5.74) is 2.41. The minimum Gasteiger partial charge on any atom is -0.316 e. The lowest BCUT2D eigenvalue weighted by Crippen LogP contribution is -3.13. The van der Waals surface area contributed by atoms with Crippen LogP contribution in [-0.4, -0.2) is 27.9 Å². The van der Waals surface area contributed by atoms with E-state index in [1.807, 2.05) is 25.1 Å². The van der Waals surface area contributed by atoms with Gasteiger partial charge in [0, 0.05) is 0 Å². The Kier molecular flexibility index (Phi) is 4.77. The predicted molar refractivity (Wildman–Crippen MR) is 105 cm³/mol. The van der Waals surface area contributed by atoms with Crippen molar-refractivity contribution in [3.63, 3.8) is 0 Å². The van der Waals surface area contributed by atoms with Gasteiger partial charge < -0.3 is 4.90 Å². The van der Waals surface area contributed by atoms with Crippen molar-refractivity contribution in [3.05, 3.63) is 56.4 Å². The fourth-order valence-corrected chi connectivity index (χ4v) is 4.89. The van der Waals surface area contributed by atoms with Crippen molar-refractivity contribution in [2.75, 3.05) is 13.1 Å². The van der Waals surface area contributed by atoms with Gasteiger partial charge in [0.1, 0.15) is 16.6 Å². The lowest BCUT2D eigenvalue weighted by molar-refractivity contribution is -0.929. The lowest BCUT2D eigenvalue weighted by Gasteiger charge is -2.28. The molecule has 3 aromatic rings. The molecule has 6 nitrogen and oxygen atoms in total. The van der Waals surface area contributed by atoms with E-state index in [0.717, 1.165) is 37.1 Å². The van der Waals surface area contributed by atoms with Crippen LogP contribution in [0.5, 0.6) is 0 Å². The van der Waals surface area contributed by atoms with Gasteiger partial charge in [-0.05, 0) is 44.4 Å². The van der Waals surface area contributed by atoms with Crippen LogP contribution < -0.4 is 10.5 Å². The van der Waals surface area contributed by atoms with E-state index < -0.39 is 0 Å². The number of para-hydroxylation sites is 1. The average molecular weight is 380 g/mol. The number of nitrogens with zero attached hydrogens (tertiary/aromatic N) is 4. The van der Waals surface area contributed by atoms with E-state index in [1.165, 1.54) is 19.3 Å². The molecule has 0 amide bonds. The quantitative estimate of drug-likeness (QED) is 0.751. The molecule has 3 heterocycles. The topological polar surface area (TPSA) is 76.0 Å². The largest absolute Gasteiger partial charge is 0.316 e. The Bertz CT molecular complexity index is 1060. The first kappa shape index (κ1) is 17.8. The maximum atomic E-state index is 12.6. The molecule has 0 saturated carbocycles. The molecule has 1 N–H and O–H groups in total. The summed E-state index contributed by atoms with van der Waals surface area (Å²) in [6.07, 6.45) is 2.22. The molecule has 1 aliphatic rings. The van der Waals surface area contributed by atoms with Crippen molar-refractivity contribution in [2.24, 2.45) is 0 Å². The normalized spacial score (nSPS) is 19.9. The van der Waals surface area contributed by atoms with Crippen molar-refractivity contribution >= 4 is 21.6 Å².